The van der Waals surface area contributed by atoms with Crippen LogP contribution >= 0.6 is 0 Å². The van der Waals surface area contributed by atoms with Gasteiger partial charge < -0.3 is 4.74 Å². The molecule has 0 aromatic heterocycles. The van der Waals surface area contributed by atoms with Gasteiger partial charge in [-0.1, -0.05) is 19.4 Å². The lowest BCUT2D eigenvalue weighted by Crippen LogP contribution is -2.50. The highest BCUT2D eigenvalue weighted by Crippen LogP contribution is 2.63. The van der Waals surface area contributed by atoms with Gasteiger partial charge in [-0.25, -0.2) is 0 Å². The van der Waals surface area contributed by atoms with E-state index in [9.17, 15) is 9.59 Å². The smallest absolute Gasteiger partial charge is 0.302 e. The molecule has 0 aromatic carbocycles. The number of hydrogen-bond acceptors (Lipinski definition) is 3. The highest BCUT2D eigenvalue weighted by Gasteiger charge is 2.58. The molecule has 0 aromatic rings. The van der Waals surface area contributed by atoms with E-state index >= 15 is 0 Å². The number of esters is 1. The number of fused-ring (bicyclic) bond motifs is 5. The van der Waals surface area contributed by atoms with Crippen LogP contribution in [0.15, 0.2) is 11.6 Å². The van der Waals surface area contributed by atoms with Gasteiger partial charge in [0.25, 0.3) is 0 Å². The summed E-state index contributed by atoms with van der Waals surface area (Å²) < 4.78 is 5.72. The maximum Gasteiger partial charge on any atom is 0.302 e. The lowest BCUT2D eigenvalue weighted by atomic mass is 9.49. The Bertz CT molecular complexity index is 592. The molecule has 0 saturated heterocycles. The fourth-order valence-electron chi connectivity index (χ4n) is 6.93. The largest absolute Gasteiger partial charge is 0.462 e. The van der Waals surface area contributed by atoms with Gasteiger partial charge in [-0.15, -0.1) is 0 Å². The summed E-state index contributed by atoms with van der Waals surface area (Å²) in [6, 6.07) is 0. The van der Waals surface area contributed by atoms with Crippen molar-refractivity contribution < 1.29 is 14.3 Å². The van der Waals surface area contributed by atoms with Crippen LogP contribution in [0.3, 0.4) is 0 Å². The Hall–Kier alpha value is -1.12. The molecule has 0 heterocycles. The summed E-state index contributed by atoms with van der Waals surface area (Å²) in [5.41, 5.74) is 1.60. The lowest BCUT2D eigenvalue weighted by Gasteiger charge is -2.55. The molecular formula is C21H30O3. The van der Waals surface area contributed by atoms with Gasteiger partial charge in [-0.3, -0.25) is 9.59 Å². The van der Waals surface area contributed by atoms with Crippen molar-refractivity contribution in [1.29, 1.82) is 0 Å². The van der Waals surface area contributed by atoms with Crippen LogP contribution in [0.25, 0.3) is 0 Å². The first kappa shape index (κ1) is 16.4. The van der Waals surface area contributed by atoms with E-state index in [1.807, 2.05) is 6.08 Å². The molecule has 0 amide bonds. The molecular weight excluding hydrogens is 300 g/mol. The van der Waals surface area contributed by atoms with E-state index in [4.69, 9.17) is 4.74 Å². The van der Waals surface area contributed by atoms with E-state index < -0.39 is 0 Å². The monoisotopic (exact) mass is 330 g/mol. The Morgan fingerprint density at radius 3 is 2.79 bits per heavy atom. The van der Waals surface area contributed by atoms with Crippen molar-refractivity contribution in [2.24, 2.45) is 35.0 Å². The third-order valence-electron chi connectivity index (χ3n) is 7.86. The summed E-state index contributed by atoms with van der Waals surface area (Å²) in [6.45, 7) is 6.30. The SMILES string of the molecule is CC(=O)O[C@@H]1CC[C@@H]2[C@H]3[C@H](CC[C@@]21C)[C@H]1CCC(=O)C=C1C[C@H]3C. The Balaban J connectivity index is 1.62. The zero-order valence-electron chi connectivity index (χ0n) is 15.2. The van der Waals surface area contributed by atoms with Crippen molar-refractivity contribution in [3.05, 3.63) is 11.6 Å². The molecule has 4 rings (SSSR count). The van der Waals surface area contributed by atoms with Gasteiger partial charge in [-0.05, 0) is 74.2 Å². The predicted octanol–water partition coefficient (Wildman–Crippen LogP) is 4.31. The number of hydrogen-bond donors (Lipinski definition) is 0. The van der Waals surface area contributed by atoms with E-state index in [1.54, 1.807) is 6.92 Å². The molecule has 4 aliphatic rings. The maximum atomic E-state index is 11.8. The van der Waals surface area contributed by atoms with Crippen molar-refractivity contribution in [2.75, 3.05) is 0 Å². The molecule has 7 atom stereocenters. The summed E-state index contributed by atoms with van der Waals surface area (Å²) in [4.78, 5) is 23.4. The second-order valence-corrected chi connectivity index (χ2v) is 9.08. The van der Waals surface area contributed by atoms with Crippen LogP contribution < -0.4 is 0 Å². The first-order valence-corrected chi connectivity index (χ1v) is 9.80. The molecule has 0 bridgehead atoms. The van der Waals surface area contributed by atoms with E-state index in [-0.39, 0.29) is 17.5 Å². The number of rotatable bonds is 1. The molecule has 24 heavy (non-hydrogen) atoms. The van der Waals surface area contributed by atoms with Crippen LogP contribution in [0.1, 0.15) is 65.7 Å². The average molecular weight is 330 g/mol. The first-order chi connectivity index (χ1) is 11.4. The minimum atomic E-state index is -0.128. The normalized spacial score (nSPS) is 47.3. The van der Waals surface area contributed by atoms with Crippen LogP contribution in [0.2, 0.25) is 0 Å². The topological polar surface area (TPSA) is 43.4 Å². The second-order valence-electron chi connectivity index (χ2n) is 9.08. The van der Waals surface area contributed by atoms with Gasteiger partial charge >= 0.3 is 5.97 Å². The van der Waals surface area contributed by atoms with Gasteiger partial charge in [0, 0.05) is 18.8 Å². The molecule has 0 unspecified atom stereocenters. The number of ether oxygens (including phenoxy) is 1. The highest BCUT2D eigenvalue weighted by atomic mass is 16.5. The van der Waals surface area contributed by atoms with Gasteiger partial charge in [0.1, 0.15) is 6.10 Å². The second kappa shape index (κ2) is 5.71. The van der Waals surface area contributed by atoms with Crippen molar-refractivity contribution in [1.82, 2.24) is 0 Å². The molecule has 0 aliphatic heterocycles. The fourth-order valence-corrected chi connectivity index (χ4v) is 6.93. The van der Waals surface area contributed by atoms with E-state index in [2.05, 4.69) is 13.8 Å². The zero-order chi connectivity index (χ0) is 17.1. The van der Waals surface area contributed by atoms with Crippen LogP contribution in [0.5, 0.6) is 0 Å². The number of ketones is 1. The van der Waals surface area contributed by atoms with Crippen LogP contribution in [0.4, 0.5) is 0 Å². The number of carbonyl (C=O) groups excluding carboxylic acids is 2. The summed E-state index contributed by atoms with van der Waals surface area (Å²) in [7, 11) is 0. The van der Waals surface area contributed by atoms with Crippen LogP contribution in [-0.4, -0.2) is 17.9 Å². The summed E-state index contributed by atoms with van der Waals surface area (Å²) >= 11 is 0. The van der Waals surface area contributed by atoms with E-state index in [1.165, 1.54) is 24.8 Å². The van der Waals surface area contributed by atoms with Crippen molar-refractivity contribution >= 4 is 11.8 Å². The van der Waals surface area contributed by atoms with Gasteiger partial charge in [-0.2, -0.15) is 0 Å². The fraction of sp³-hybridized carbons (Fsp3) is 0.810. The summed E-state index contributed by atoms with van der Waals surface area (Å²) in [5, 5.41) is 0. The predicted molar refractivity (Wildman–Crippen MR) is 92.2 cm³/mol. The Labute approximate surface area is 145 Å². The quantitative estimate of drug-likeness (QED) is 0.673. The van der Waals surface area contributed by atoms with E-state index in [0.29, 0.717) is 23.5 Å². The van der Waals surface area contributed by atoms with Gasteiger partial charge in [0.15, 0.2) is 5.78 Å². The summed E-state index contributed by atoms with van der Waals surface area (Å²) in [6.07, 6.45) is 9.62. The lowest BCUT2D eigenvalue weighted by molar-refractivity contribution is -0.157. The van der Waals surface area contributed by atoms with Crippen molar-refractivity contribution in [3.8, 4) is 0 Å². The highest BCUT2D eigenvalue weighted by molar-refractivity contribution is 5.91. The maximum absolute atomic E-state index is 11.8. The molecule has 3 heteroatoms. The minimum absolute atomic E-state index is 0.109. The molecule has 3 saturated carbocycles. The third-order valence-corrected chi connectivity index (χ3v) is 7.86. The Morgan fingerprint density at radius 1 is 1.25 bits per heavy atom. The third kappa shape index (κ3) is 2.38. The Kier molecular flexibility index (Phi) is 3.89. The van der Waals surface area contributed by atoms with Crippen molar-refractivity contribution in [2.45, 2.75) is 71.8 Å². The number of allylic oxidation sites excluding steroid dienone is 1. The summed E-state index contributed by atoms with van der Waals surface area (Å²) in [5.74, 6) is 3.64. The van der Waals surface area contributed by atoms with Crippen LogP contribution in [-0.2, 0) is 14.3 Å². The van der Waals surface area contributed by atoms with Gasteiger partial charge in [0.2, 0.25) is 0 Å². The zero-order valence-corrected chi connectivity index (χ0v) is 15.2. The molecule has 0 N–H and O–H groups in total. The van der Waals surface area contributed by atoms with Crippen LogP contribution in [0, 0.1) is 35.0 Å². The van der Waals surface area contributed by atoms with E-state index in [0.717, 1.165) is 37.5 Å². The first-order valence-electron chi connectivity index (χ1n) is 9.80. The Morgan fingerprint density at radius 2 is 2.04 bits per heavy atom. The number of carbonyl (C=O) groups is 2. The van der Waals surface area contributed by atoms with Crippen molar-refractivity contribution in [3.63, 3.8) is 0 Å². The molecule has 132 valence electrons. The molecule has 0 radical (unpaired) electrons. The average Bonchev–Trinajstić information content (AvgIpc) is 2.83. The molecule has 4 aliphatic carbocycles. The minimum Gasteiger partial charge on any atom is -0.462 e. The van der Waals surface area contributed by atoms with Gasteiger partial charge in [0.05, 0.1) is 0 Å². The molecule has 3 fully saturated rings. The molecule has 3 nitrogen and oxygen atoms in total. The standard InChI is InChI=1S/C21H30O3/c1-12-10-14-11-15(23)4-5-16(14)17-8-9-21(3)18(20(12)17)6-7-19(21)24-13(2)22/h11-12,16-20H,4-10H2,1-3H3/t12-,16+,17-,18-,19-,20-,21+/m1/s1. The molecule has 0 spiro atoms.